The Bertz CT molecular complexity index is 1240. The highest BCUT2D eigenvalue weighted by Crippen LogP contribution is 2.38. The van der Waals surface area contributed by atoms with Gasteiger partial charge < -0.3 is 25.0 Å². The Morgan fingerprint density at radius 1 is 0.952 bits per heavy atom. The largest absolute Gasteiger partial charge is 0.462 e. The lowest BCUT2D eigenvalue weighted by molar-refractivity contribution is -0.388. The zero-order valence-corrected chi connectivity index (χ0v) is 23.3. The fourth-order valence-corrected chi connectivity index (χ4v) is 5.33. The van der Waals surface area contributed by atoms with E-state index < -0.39 is 22.4 Å². The second-order valence-electron chi connectivity index (χ2n) is 10.5. The molecule has 2 aromatic carbocycles. The van der Waals surface area contributed by atoms with E-state index in [0.717, 1.165) is 30.7 Å². The number of benzene rings is 2. The minimum Gasteiger partial charge on any atom is -0.462 e. The average molecular weight is 593 g/mol. The Kier molecular flexibility index (Phi) is 10.3. The van der Waals surface area contributed by atoms with Gasteiger partial charge in [0.15, 0.2) is 0 Å². The van der Waals surface area contributed by atoms with Gasteiger partial charge in [0.25, 0.3) is 5.69 Å². The number of anilines is 2. The lowest BCUT2D eigenvalue weighted by Crippen LogP contribution is -2.44. The molecule has 0 radical (unpaired) electrons. The van der Waals surface area contributed by atoms with E-state index in [1.807, 2.05) is 12.1 Å². The molecule has 10 nitrogen and oxygen atoms in total. The molecule has 1 amide bonds. The first-order chi connectivity index (χ1) is 20.0. The van der Waals surface area contributed by atoms with Crippen LogP contribution in [0.25, 0.3) is 0 Å². The number of carbonyl (C=O) groups is 2. The second kappa shape index (κ2) is 13.9. The number of nitro benzene ring substituents is 1. The summed E-state index contributed by atoms with van der Waals surface area (Å²) in [5.41, 5.74) is -0.679. The number of piperidine rings is 1. The van der Waals surface area contributed by atoms with E-state index in [1.165, 1.54) is 6.07 Å². The number of rotatable bonds is 10. The van der Waals surface area contributed by atoms with Crippen molar-refractivity contribution < 1.29 is 37.2 Å². The number of nitrogens with one attached hydrogen (secondary N) is 2. The number of carbonyl (C=O) groups excluding carboxylic acids is 2. The number of esters is 1. The van der Waals surface area contributed by atoms with Crippen molar-refractivity contribution in [1.82, 2.24) is 4.90 Å². The van der Waals surface area contributed by atoms with Crippen molar-refractivity contribution in [2.45, 2.75) is 69.8 Å². The number of hydrogen-bond donors (Lipinski definition) is 2. The van der Waals surface area contributed by atoms with Gasteiger partial charge in [0.05, 0.1) is 23.2 Å². The number of ether oxygens (including phenoxy) is 2. The predicted octanol–water partition coefficient (Wildman–Crippen LogP) is 5.63. The van der Waals surface area contributed by atoms with Crippen LogP contribution < -0.4 is 10.6 Å². The number of halogens is 3. The third-order valence-electron chi connectivity index (χ3n) is 7.60. The van der Waals surface area contributed by atoms with E-state index in [0.29, 0.717) is 50.9 Å². The smallest absolute Gasteiger partial charge is 0.423 e. The summed E-state index contributed by atoms with van der Waals surface area (Å²) in [5, 5.41) is 17.5. The van der Waals surface area contributed by atoms with Crippen LogP contribution in [0.15, 0.2) is 42.5 Å². The van der Waals surface area contributed by atoms with Crippen molar-refractivity contribution >= 4 is 28.9 Å². The average Bonchev–Trinajstić information content (AvgIpc) is 2.97. The van der Waals surface area contributed by atoms with Crippen molar-refractivity contribution in [2.75, 3.05) is 36.9 Å². The van der Waals surface area contributed by atoms with Crippen LogP contribution in [0.5, 0.6) is 0 Å². The zero-order chi connectivity index (χ0) is 30.3. The van der Waals surface area contributed by atoms with Crippen molar-refractivity contribution in [3.05, 3.63) is 63.7 Å². The van der Waals surface area contributed by atoms with Gasteiger partial charge in [0.1, 0.15) is 12.2 Å². The number of likely N-dealkylation sites (tertiary alicyclic amines) is 1. The predicted molar refractivity (Wildman–Crippen MR) is 149 cm³/mol. The molecular weight excluding hydrogens is 557 g/mol. The maximum atomic E-state index is 13.3. The van der Waals surface area contributed by atoms with Crippen LogP contribution in [0.2, 0.25) is 0 Å². The highest BCUT2D eigenvalue weighted by Gasteiger charge is 2.38. The first-order valence-electron chi connectivity index (χ1n) is 14.1. The van der Waals surface area contributed by atoms with Crippen LogP contribution in [0.1, 0.15) is 61.4 Å². The number of hydrogen-bond acceptors (Lipinski definition) is 8. The van der Waals surface area contributed by atoms with Gasteiger partial charge in [-0.3, -0.25) is 14.9 Å². The number of nitrogens with zero attached hydrogens (tertiary/aromatic N) is 2. The van der Waals surface area contributed by atoms with Crippen molar-refractivity contribution in [2.24, 2.45) is 0 Å². The minimum atomic E-state index is -4.83. The summed E-state index contributed by atoms with van der Waals surface area (Å²) < 4.78 is 50.7. The molecule has 0 spiro atoms. The Morgan fingerprint density at radius 2 is 1.55 bits per heavy atom. The summed E-state index contributed by atoms with van der Waals surface area (Å²) in [6, 6.07) is 10.2. The van der Waals surface area contributed by atoms with Gasteiger partial charge in [0.2, 0.25) is 5.91 Å². The minimum absolute atomic E-state index is 0.0204. The maximum Gasteiger partial charge on any atom is 0.423 e. The van der Waals surface area contributed by atoms with E-state index in [-0.39, 0.29) is 42.4 Å². The SMILES string of the molecule is CCOC(=O)c1ccc(NC2CCN(C(=O)CO[C@H]3CC[C@H](Nc4ccc([N+](=O)[O-])c(C(F)(F)F)c4)CC3)CC2)cc1. The molecule has 1 saturated heterocycles. The molecule has 228 valence electrons. The van der Waals surface area contributed by atoms with Crippen molar-refractivity contribution in [3.63, 3.8) is 0 Å². The third-order valence-corrected chi connectivity index (χ3v) is 7.60. The Balaban J connectivity index is 1.16. The van der Waals surface area contributed by atoms with Gasteiger partial charge in [-0.2, -0.15) is 13.2 Å². The highest BCUT2D eigenvalue weighted by molar-refractivity contribution is 5.89. The van der Waals surface area contributed by atoms with Gasteiger partial charge in [-0.1, -0.05) is 0 Å². The molecule has 2 N–H and O–H groups in total. The number of amides is 1. The Labute approximate surface area is 241 Å². The zero-order valence-electron chi connectivity index (χ0n) is 23.3. The summed E-state index contributed by atoms with van der Waals surface area (Å²) in [6.07, 6.45) is -0.837. The summed E-state index contributed by atoms with van der Waals surface area (Å²) in [5.74, 6) is -0.425. The summed E-state index contributed by atoms with van der Waals surface area (Å²) in [7, 11) is 0. The van der Waals surface area contributed by atoms with Crippen LogP contribution in [0.4, 0.5) is 30.2 Å². The molecule has 2 aliphatic rings. The summed E-state index contributed by atoms with van der Waals surface area (Å²) in [4.78, 5) is 36.3. The van der Waals surface area contributed by atoms with Crippen molar-refractivity contribution in [1.29, 1.82) is 0 Å². The first kappa shape index (κ1) is 31.1. The normalized spacial score (nSPS) is 19.7. The molecule has 0 aromatic heterocycles. The molecule has 0 bridgehead atoms. The van der Waals surface area contributed by atoms with Crippen LogP contribution in [0, 0.1) is 10.1 Å². The molecule has 1 aliphatic carbocycles. The standard InChI is InChI=1S/C29H35F3N4O6/c1-2-41-28(38)19-3-5-20(6-4-19)33-22-13-15-35(16-14-22)27(37)18-42-24-10-7-21(8-11-24)34-23-9-12-26(36(39)40)25(17-23)29(30,31)32/h3-6,9,12,17,21-22,24,33-34H,2,7-8,10-11,13-16,18H2,1H3/t21-,24-. The first-order valence-corrected chi connectivity index (χ1v) is 14.1. The lowest BCUT2D eigenvalue weighted by atomic mass is 9.92. The molecular formula is C29H35F3N4O6. The molecule has 2 fully saturated rings. The highest BCUT2D eigenvalue weighted by atomic mass is 19.4. The fourth-order valence-electron chi connectivity index (χ4n) is 5.33. The monoisotopic (exact) mass is 592 g/mol. The summed E-state index contributed by atoms with van der Waals surface area (Å²) in [6.45, 7) is 3.27. The number of nitro groups is 1. The molecule has 1 aliphatic heterocycles. The molecule has 0 atom stereocenters. The molecule has 2 aromatic rings. The molecule has 1 saturated carbocycles. The van der Waals surface area contributed by atoms with E-state index in [1.54, 1.807) is 24.0 Å². The lowest BCUT2D eigenvalue weighted by Gasteiger charge is -2.34. The van der Waals surface area contributed by atoms with E-state index in [2.05, 4.69) is 10.6 Å². The van der Waals surface area contributed by atoms with Crippen LogP contribution >= 0.6 is 0 Å². The van der Waals surface area contributed by atoms with Crippen LogP contribution in [-0.4, -0.2) is 66.2 Å². The third kappa shape index (κ3) is 8.34. The van der Waals surface area contributed by atoms with Gasteiger partial charge in [-0.25, -0.2) is 4.79 Å². The quantitative estimate of drug-likeness (QED) is 0.207. The van der Waals surface area contributed by atoms with Gasteiger partial charge >= 0.3 is 12.1 Å². The Hall–Kier alpha value is -3.87. The maximum absolute atomic E-state index is 13.3. The van der Waals surface area contributed by atoms with Crippen LogP contribution in [-0.2, 0) is 20.4 Å². The van der Waals surface area contributed by atoms with Crippen molar-refractivity contribution in [3.8, 4) is 0 Å². The molecule has 42 heavy (non-hydrogen) atoms. The molecule has 0 unspecified atom stereocenters. The van der Waals surface area contributed by atoms with E-state index >= 15 is 0 Å². The number of alkyl halides is 3. The summed E-state index contributed by atoms with van der Waals surface area (Å²) >= 11 is 0. The van der Waals surface area contributed by atoms with Gasteiger partial charge in [-0.15, -0.1) is 0 Å². The Morgan fingerprint density at radius 3 is 2.14 bits per heavy atom. The van der Waals surface area contributed by atoms with E-state index in [4.69, 9.17) is 9.47 Å². The molecule has 1 heterocycles. The molecule has 13 heteroatoms. The van der Waals surface area contributed by atoms with Gasteiger partial charge in [-0.05, 0) is 81.8 Å². The van der Waals surface area contributed by atoms with Crippen LogP contribution in [0.3, 0.4) is 0 Å². The topological polar surface area (TPSA) is 123 Å². The fraction of sp³-hybridized carbons (Fsp3) is 0.517. The second-order valence-corrected chi connectivity index (χ2v) is 10.5. The molecule has 4 rings (SSSR count). The van der Waals surface area contributed by atoms with E-state index in [9.17, 15) is 32.9 Å². The van der Waals surface area contributed by atoms with Gasteiger partial charge in [0, 0.05) is 42.6 Å².